The van der Waals surface area contributed by atoms with Crippen molar-refractivity contribution < 1.29 is 29.0 Å². The first kappa shape index (κ1) is 27.8. The number of aromatic amines is 1. The highest BCUT2D eigenvalue weighted by Gasteiger charge is 2.69. The third-order valence-corrected chi connectivity index (χ3v) is 12.2. The Morgan fingerprint density at radius 3 is 2.55 bits per heavy atom. The van der Waals surface area contributed by atoms with Crippen molar-refractivity contribution in [3.05, 3.63) is 72.1 Å². The van der Waals surface area contributed by atoms with Gasteiger partial charge in [-0.1, -0.05) is 46.7 Å². The normalized spacial score (nSPS) is 28.9. The van der Waals surface area contributed by atoms with Gasteiger partial charge in [-0.25, -0.2) is 0 Å². The number of halogens is 2. The van der Waals surface area contributed by atoms with E-state index in [4.69, 9.17) is 32.7 Å². The van der Waals surface area contributed by atoms with E-state index >= 15 is 0 Å². The molecule has 0 unspecified atom stereocenters. The van der Waals surface area contributed by atoms with Crippen molar-refractivity contribution in [2.75, 3.05) is 13.7 Å². The number of thiazole rings is 1. The number of likely N-dealkylation sites (tertiary alicyclic amines) is 1. The fraction of sp³-hybridized carbons (Fsp3) is 0.379. The van der Waals surface area contributed by atoms with Crippen LogP contribution in [0, 0.1) is 29.6 Å². The SMILES string of the molecule is COc1cc([C@@H]2c3sc(=O)[nH]c3S[C@H]3[C@@H]4C[C@H]([C@H]5C(=O)N(CC(=O)O)C(=O)[C@H]45)[C@H]23)ccc1COc1ccc(Cl)cc1Cl. The zero-order valence-corrected chi connectivity index (χ0v) is 25.2. The second-order valence-electron chi connectivity index (χ2n) is 11.1. The number of carbonyl (C=O) groups excluding carboxylic acids is 2. The van der Waals surface area contributed by atoms with Crippen molar-refractivity contribution in [1.29, 1.82) is 0 Å². The first-order valence-electron chi connectivity index (χ1n) is 13.4. The van der Waals surface area contributed by atoms with Gasteiger partial charge >= 0.3 is 10.8 Å². The topological polar surface area (TPSA) is 126 Å². The molecule has 3 fully saturated rings. The summed E-state index contributed by atoms with van der Waals surface area (Å²) in [7, 11) is 1.58. The minimum Gasteiger partial charge on any atom is -0.496 e. The van der Waals surface area contributed by atoms with Crippen LogP contribution in [-0.2, 0) is 21.0 Å². The van der Waals surface area contributed by atoms with Gasteiger partial charge < -0.3 is 19.6 Å². The number of H-pyrrole nitrogens is 1. The number of thioether (sulfide) groups is 1. The number of benzene rings is 2. The lowest BCUT2D eigenvalue weighted by Gasteiger charge is -2.43. The first-order chi connectivity index (χ1) is 20.2. The number of carboxylic acid groups (broad SMARTS) is 1. The largest absolute Gasteiger partial charge is 0.496 e. The number of ether oxygens (including phenoxy) is 2. The summed E-state index contributed by atoms with van der Waals surface area (Å²) in [5.41, 5.74) is 1.74. The predicted octanol–water partition coefficient (Wildman–Crippen LogP) is 4.89. The van der Waals surface area contributed by atoms with Crippen LogP contribution >= 0.6 is 46.3 Å². The zero-order valence-electron chi connectivity index (χ0n) is 22.0. The Bertz CT molecular complexity index is 1710. The van der Waals surface area contributed by atoms with Gasteiger partial charge in [0.15, 0.2) is 0 Å². The molecule has 2 aliphatic heterocycles. The van der Waals surface area contributed by atoms with E-state index < -0.39 is 24.3 Å². The number of methoxy groups -OCH3 is 1. The lowest BCUT2D eigenvalue weighted by atomic mass is 9.68. The number of carboxylic acids is 1. The van der Waals surface area contributed by atoms with Gasteiger partial charge in [-0.2, -0.15) is 0 Å². The molecule has 2 aromatic carbocycles. The van der Waals surface area contributed by atoms with Gasteiger partial charge in [0.1, 0.15) is 24.7 Å². The summed E-state index contributed by atoms with van der Waals surface area (Å²) in [5.74, 6) is -2.33. The molecule has 9 nitrogen and oxygen atoms in total. The number of aromatic nitrogens is 1. The third kappa shape index (κ3) is 4.27. The Morgan fingerprint density at radius 1 is 1.07 bits per heavy atom. The first-order valence-corrected chi connectivity index (χ1v) is 15.8. The van der Waals surface area contributed by atoms with Gasteiger partial charge in [0.25, 0.3) is 0 Å². The molecule has 2 amide bonds. The maximum Gasteiger partial charge on any atom is 0.323 e. The van der Waals surface area contributed by atoms with Crippen molar-refractivity contribution in [3.8, 4) is 11.5 Å². The van der Waals surface area contributed by atoms with Crippen LogP contribution in [0.15, 0.2) is 46.2 Å². The van der Waals surface area contributed by atoms with E-state index in [1.54, 1.807) is 37.1 Å². The Morgan fingerprint density at radius 2 is 1.83 bits per heavy atom. The summed E-state index contributed by atoms with van der Waals surface area (Å²) >= 11 is 15.0. The van der Waals surface area contributed by atoms with Crippen molar-refractivity contribution in [1.82, 2.24) is 9.88 Å². The summed E-state index contributed by atoms with van der Waals surface area (Å²) in [6.45, 7) is -0.413. The molecule has 2 bridgehead atoms. The number of nitrogens with zero attached hydrogens (tertiary/aromatic N) is 1. The minimum absolute atomic E-state index is 0.00146. The molecule has 3 aromatic rings. The van der Waals surface area contributed by atoms with Crippen LogP contribution in [0.5, 0.6) is 11.5 Å². The number of amides is 2. The van der Waals surface area contributed by atoms with E-state index in [2.05, 4.69) is 4.98 Å². The second kappa shape index (κ2) is 10.3. The smallest absolute Gasteiger partial charge is 0.323 e. The molecule has 42 heavy (non-hydrogen) atoms. The lowest BCUT2D eigenvalue weighted by molar-refractivity contribution is -0.149. The molecule has 7 atom stereocenters. The van der Waals surface area contributed by atoms with Gasteiger partial charge in [0.2, 0.25) is 11.8 Å². The number of carbonyl (C=O) groups is 3. The Labute approximate surface area is 258 Å². The van der Waals surface area contributed by atoms with Crippen LogP contribution < -0.4 is 14.3 Å². The number of rotatable bonds is 7. The van der Waals surface area contributed by atoms with Gasteiger partial charge in [0, 0.05) is 26.6 Å². The number of hydrogen-bond acceptors (Lipinski definition) is 8. The van der Waals surface area contributed by atoms with E-state index in [1.807, 2.05) is 18.2 Å². The van der Waals surface area contributed by atoms with E-state index in [0.717, 1.165) is 32.4 Å². The standard InChI is InChI=1S/C29H24Cl2N2O7S2/c1-39-18-6-11(2-3-12(18)10-40-17-5-4-13(30)7-16(17)31)20-21-14-8-15(24(21)41-26-25(20)42-29(38)32-26)23-22(14)27(36)33(28(23)37)9-19(34)35/h2-7,14-15,20-24H,8-10H2,1H3,(H,32,38)(H,34,35)/t14-,15+,20-,21+,22+,23+,24-/m0/s1. The molecular weight excluding hydrogens is 623 g/mol. The van der Waals surface area contributed by atoms with E-state index in [0.29, 0.717) is 21.5 Å². The number of imide groups is 1. The monoisotopic (exact) mass is 646 g/mol. The number of aliphatic carboxylic acids is 1. The van der Waals surface area contributed by atoms with Crippen molar-refractivity contribution >= 4 is 64.1 Å². The van der Waals surface area contributed by atoms with Gasteiger partial charge in [-0.05, 0) is 54.0 Å². The molecule has 0 spiro atoms. The molecule has 3 heterocycles. The summed E-state index contributed by atoms with van der Waals surface area (Å²) in [6, 6.07) is 10.9. The van der Waals surface area contributed by atoms with Crippen LogP contribution in [0.3, 0.4) is 0 Å². The number of nitrogens with one attached hydrogen (secondary N) is 1. The highest BCUT2D eigenvalue weighted by Crippen LogP contribution is 2.68. The highest BCUT2D eigenvalue weighted by molar-refractivity contribution is 8.00. The number of hydrogen-bond donors (Lipinski definition) is 2. The molecule has 2 saturated carbocycles. The Hall–Kier alpha value is -2.99. The molecule has 0 radical (unpaired) electrons. The number of fused-ring (bicyclic) bond motifs is 9. The summed E-state index contributed by atoms with van der Waals surface area (Å²) in [5, 5.41) is 11.0. The van der Waals surface area contributed by atoms with E-state index in [-0.39, 0.29) is 52.2 Å². The maximum absolute atomic E-state index is 13.4. The molecule has 1 aromatic heterocycles. The van der Waals surface area contributed by atoms with E-state index in [1.165, 1.54) is 11.3 Å². The van der Waals surface area contributed by atoms with Crippen molar-refractivity contribution in [3.63, 3.8) is 0 Å². The van der Waals surface area contributed by atoms with Crippen LogP contribution in [-0.4, -0.2) is 51.7 Å². The average molecular weight is 648 g/mol. The quantitative estimate of drug-likeness (QED) is 0.348. The highest BCUT2D eigenvalue weighted by atomic mass is 35.5. The van der Waals surface area contributed by atoms with Crippen LogP contribution in [0.25, 0.3) is 0 Å². The molecule has 13 heteroatoms. The Balaban J connectivity index is 1.24. The summed E-state index contributed by atoms with van der Waals surface area (Å²) in [6.07, 6.45) is 0.719. The van der Waals surface area contributed by atoms with Gasteiger partial charge in [0.05, 0.1) is 29.0 Å². The lowest BCUT2D eigenvalue weighted by Crippen LogP contribution is -2.42. The fourth-order valence-electron chi connectivity index (χ4n) is 7.56. The fourth-order valence-corrected chi connectivity index (χ4v) is 10.9. The Kier molecular flexibility index (Phi) is 6.84. The average Bonchev–Trinajstić information content (AvgIpc) is 3.68. The third-order valence-electron chi connectivity index (χ3n) is 9.06. The molecular formula is C29H24Cl2N2O7S2. The van der Waals surface area contributed by atoms with Crippen molar-refractivity contribution in [2.45, 2.75) is 29.2 Å². The predicted molar refractivity (Wildman–Crippen MR) is 157 cm³/mol. The maximum atomic E-state index is 13.4. The van der Waals surface area contributed by atoms with Gasteiger partial charge in [-0.3, -0.25) is 24.1 Å². The molecule has 2 aliphatic carbocycles. The van der Waals surface area contributed by atoms with Crippen LogP contribution in [0.1, 0.15) is 28.3 Å². The summed E-state index contributed by atoms with van der Waals surface area (Å²) < 4.78 is 11.7. The molecule has 1 saturated heterocycles. The minimum atomic E-state index is -1.21. The van der Waals surface area contributed by atoms with Crippen molar-refractivity contribution in [2.24, 2.45) is 29.6 Å². The van der Waals surface area contributed by atoms with Crippen LogP contribution in [0.2, 0.25) is 10.0 Å². The molecule has 7 rings (SSSR count). The van der Waals surface area contributed by atoms with E-state index in [9.17, 15) is 24.3 Å². The summed E-state index contributed by atoms with van der Waals surface area (Å²) in [4.78, 5) is 55.3. The van der Waals surface area contributed by atoms with Gasteiger partial charge in [-0.15, -0.1) is 11.8 Å². The second-order valence-corrected chi connectivity index (χ2v) is 14.1. The van der Waals surface area contributed by atoms with Crippen LogP contribution in [0.4, 0.5) is 0 Å². The molecule has 4 aliphatic rings. The molecule has 218 valence electrons. The molecule has 2 N–H and O–H groups in total. The zero-order chi connectivity index (χ0) is 29.4.